The summed E-state index contributed by atoms with van der Waals surface area (Å²) in [6, 6.07) is 5.22. The molecule has 0 atom stereocenters. The van der Waals surface area contributed by atoms with Crippen molar-refractivity contribution < 1.29 is 17.9 Å². The van der Waals surface area contributed by atoms with Crippen molar-refractivity contribution in [2.45, 2.75) is 32.2 Å². The summed E-state index contributed by atoms with van der Waals surface area (Å²) < 4.78 is 37.2. The SMILES string of the molecule is CCOc1ccc(NS(=O)(=O)CCOC(C)C)cc1CBr. The van der Waals surface area contributed by atoms with Gasteiger partial charge in [0.05, 0.1) is 25.1 Å². The number of anilines is 1. The largest absolute Gasteiger partial charge is 0.494 e. The fourth-order valence-corrected chi connectivity index (χ4v) is 3.01. The van der Waals surface area contributed by atoms with E-state index in [4.69, 9.17) is 9.47 Å². The molecule has 0 radical (unpaired) electrons. The maximum absolute atomic E-state index is 12.0. The quantitative estimate of drug-likeness (QED) is 0.669. The number of halogens is 1. The third kappa shape index (κ3) is 6.67. The molecule has 1 aromatic rings. The van der Waals surface area contributed by atoms with Crippen molar-refractivity contribution >= 4 is 31.6 Å². The van der Waals surface area contributed by atoms with Gasteiger partial charge in [0, 0.05) is 16.6 Å². The molecule has 5 nitrogen and oxygen atoms in total. The number of hydrogen-bond acceptors (Lipinski definition) is 4. The molecule has 21 heavy (non-hydrogen) atoms. The molecule has 0 aromatic heterocycles. The van der Waals surface area contributed by atoms with Crippen molar-refractivity contribution in [3.63, 3.8) is 0 Å². The Morgan fingerprint density at radius 3 is 2.62 bits per heavy atom. The van der Waals surface area contributed by atoms with E-state index >= 15 is 0 Å². The second-order valence-corrected chi connectivity index (χ2v) is 7.13. The average Bonchev–Trinajstić information content (AvgIpc) is 2.39. The molecule has 1 rings (SSSR count). The topological polar surface area (TPSA) is 64.6 Å². The molecule has 1 aromatic carbocycles. The van der Waals surface area contributed by atoms with Crippen LogP contribution in [-0.2, 0) is 20.1 Å². The summed E-state index contributed by atoms with van der Waals surface area (Å²) in [7, 11) is -3.41. The lowest BCUT2D eigenvalue weighted by Gasteiger charge is -2.13. The molecule has 0 fully saturated rings. The molecule has 0 aliphatic rings. The minimum absolute atomic E-state index is 0.0191. The van der Waals surface area contributed by atoms with E-state index in [1.807, 2.05) is 20.8 Å². The molecule has 7 heteroatoms. The average molecular weight is 380 g/mol. The normalized spacial score (nSPS) is 11.7. The Morgan fingerprint density at radius 2 is 2.05 bits per heavy atom. The van der Waals surface area contributed by atoms with Crippen molar-refractivity contribution in [3.8, 4) is 5.75 Å². The van der Waals surface area contributed by atoms with Crippen LogP contribution in [0.15, 0.2) is 18.2 Å². The number of alkyl halides is 1. The molecule has 120 valence electrons. The Hall–Kier alpha value is -0.790. The summed E-state index contributed by atoms with van der Waals surface area (Å²) in [5.41, 5.74) is 1.42. The lowest BCUT2D eigenvalue weighted by atomic mass is 10.2. The number of ether oxygens (including phenoxy) is 2. The monoisotopic (exact) mass is 379 g/mol. The second-order valence-electron chi connectivity index (χ2n) is 4.73. The van der Waals surface area contributed by atoms with Crippen molar-refractivity contribution in [2.75, 3.05) is 23.7 Å². The van der Waals surface area contributed by atoms with Gasteiger partial charge in [-0.1, -0.05) is 15.9 Å². The molecular weight excluding hydrogens is 358 g/mol. The Morgan fingerprint density at radius 1 is 1.33 bits per heavy atom. The van der Waals surface area contributed by atoms with Crippen LogP contribution in [0.5, 0.6) is 5.75 Å². The lowest BCUT2D eigenvalue weighted by molar-refractivity contribution is 0.0913. The Kier molecular flexibility index (Phi) is 7.48. The first-order chi connectivity index (χ1) is 9.88. The molecule has 1 N–H and O–H groups in total. The van der Waals surface area contributed by atoms with Crippen LogP contribution >= 0.6 is 15.9 Å². The number of nitrogens with one attached hydrogen (secondary N) is 1. The third-order valence-electron chi connectivity index (χ3n) is 2.58. The maximum atomic E-state index is 12.0. The van der Waals surface area contributed by atoms with Gasteiger partial charge in [-0.2, -0.15) is 0 Å². The third-order valence-corrected chi connectivity index (χ3v) is 4.44. The van der Waals surface area contributed by atoms with Gasteiger partial charge in [-0.05, 0) is 39.0 Å². The molecule has 0 amide bonds. The lowest BCUT2D eigenvalue weighted by Crippen LogP contribution is -2.21. The smallest absolute Gasteiger partial charge is 0.235 e. The van der Waals surface area contributed by atoms with Gasteiger partial charge in [0.25, 0.3) is 0 Å². The zero-order valence-electron chi connectivity index (χ0n) is 12.6. The zero-order chi connectivity index (χ0) is 15.9. The van der Waals surface area contributed by atoms with Gasteiger partial charge in [-0.25, -0.2) is 8.42 Å². The van der Waals surface area contributed by atoms with Crippen LogP contribution in [0.3, 0.4) is 0 Å². The number of rotatable bonds is 9. The van der Waals surface area contributed by atoms with E-state index in [2.05, 4.69) is 20.7 Å². The standard InChI is InChI=1S/C14H22BrNO4S/c1-4-19-14-6-5-13(9-12(14)10-15)16-21(17,18)8-7-20-11(2)3/h5-6,9,11,16H,4,7-8,10H2,1-3H3. The van der Waals surface area contributed by atoms with Crippen LogP contribution in [0.2, 0.25) is 0 Å². The second kappa shape index (κ2) is 8.60. The first-order valence-electron chi connectivity index (χ1n) is 6.81. The maximum Gasteiger partial charge on any atom is 0.235 e. The van der Waals surface area contributed by atoms with Crippen LogP contribution in [0.1, 0.15) is 26.3 Å². The van der Waals surface area contributed by atoms with Gasteiger partial charge in [0.15, 0.2) is 0 Å². The summed E-state index contributed by atoms with van der Waals surface area (Å²) in [5.74, 6) is 0.683. The summed E-state index contributed by atoms with van der Waals surface area (Å²) >= 11 is 3.37. The van der Waals surface area contributed by atoms with Crippen LogP contribution in [0.25, 0.3) is 0 Å². The molecule has 0 unspecified atom stereocenters. The highest BCUT2D eigenvalue weighted by atomic mass is 79.9. The summed E-state index contributed by atoms with van der Waals surface area (Å²) in [6.07, 6.45) is 0.0191. The van der Waals surface area contributed by atoms with Crippen molar-refractivity contribution in [3.05, 3.63) is 23.8 Å². The zero-order valence-corrected chi connectivity index (χ0v) is 15.0. The van der Waals surface area contributed by atoms with Crippen LogP contribution in [-0.4, -0.2) is 33.5 Å². The molecular formula is C14H22BrNO4S. The van der Waals surface area contributed by atoms with E-state index in [0.29, 0.717) is 17.6 Å². The Bertz CT molecular complexity index is 546. The van der Waals surface area contributed by atoms with E-state index in [0.717, 1.165) is 11.3 Å². The first-order valence-corrected chi connectivity index (χ1v) is 9.59. The molecule has 0 aliphatic carbocycles. The summed E-state index contributed by atoms with van der Waals surface area (Å²) in [5, 5.41) is 0.592. The summed E-state index contributed by atoms with van der Waals surface area (Å²) in [4.78, 5) is 0. The molecule has 0 saturated heterocycles. The van der Waals surface area contributed by atoms with Gasteiger partial charge in [0.1, 0.15) is 5.75 Å². The molecule has 0 bridgehead atoms. The van der Waals surface area contributed by atoms with E-state index in [-0.39, 0.29) is 18.5 Å². The minimum atomic E-state index is -3.41. The first kappa shape index (κ1) is 18.3. The Labute approximate surface area is 135 Å². The molecule has 0 spiro atoms. The number of hydrogen-bond donors (Lipinski definition) is 1. The van der Waals surface area contributed by atoms with Gasteiger partial charge < -0.3 is 9.47 Å². The summed E-state index contributed by atoms with van der Waals surface area (Å²) in [6.45, 7) is 6.39. The van der Waals surface area contributed by atoms with Crippen molar-refractivity contribution in [2.24, 2.45) is 0 Å². The highest BCUT2D eigenvalue weighted by Crippen LogP contribution is 2.25. The minimum Gasteiger partial charge on any atom is -0.494 e. The van der Waals surface area contributed by atoms with Gasteiger partial charge in [0.2, 0.25) is 10.0 Å². The predicted molar refractivity (Wildman–Crippen MR) is 88.7 cm³/mol. The van der Waals surface area contributed by atoms with Crippen LogP contribution in [0.4, 0.5) is 5.69 Å². The van der Waals surface area contributed by atoms with E-state index < -0.39 is 10.0 Å². The number of benzene rings is 1. The van der Waals surface area contributed by atoms with Gasteiger partial charge >= 0.3 is 0 Å². The van der Waals surface area contributed by atoms with Crippen molar-refractivity contribution in [1.29, 1.82) is 0 Å². The van der Waals surface area contributed by atoms with E-state index in [1.54, 1.807) is 18.2 Å². The molecule has 0 saturated carbocycles. The van der Waals surface area contributed by atoms with Gasteiger partial charge in [-0.3, -0.25) is 4.72 Å². The van der Waals surface area contributed by atoms with Gasteiger partial charge in [-0.15, -0.1) is 0 Å². The molecule has 0 aliphatic heterocycles. The predicted octanol–water partition coefficient (Wildman–Crippen LogP) is 3.15. The molecule has 0 heterocycles. The van der Waals surface area contributed by atoms with Crippen LogP contribution < -0.4 is 9.46 Å². The fourth-order valence-electron chi connectivity index (χ4n) is 1.67. The highest BCUT2D eigenvalue weighted by Gasteiger charge is 2.12. The highest BCUT2D eigenvalue weighted by molar-refractivity contribution is 9.08. The van der Waals surface area contributed by atoms with E-state index in [1.165, 1.54) is 0 Å². The Balaban J connectivity index is 2.73. The van der Waals surface area contributed by atoms with E-state index in [9.17, 15) is 8.42 Å². The fraction of sp³-hybridized carbons (Fsp3) is 0.571. The van der Waals surface area contributed by atoms with Crippen LogP contribution in [0, 0.1) is 0 Å². The van der Waals surface area contributed by atoms with Crippen molar-refractivity contribution in [1.82, 2.24) is 0 Å². The number of sulfonamides is 1.